The quantitative estimate of drug-likeness (QED) is 0.445. The number of halogens is 4. The first-order valence-corrected chi connectivity index (χ1v) is 12.2. The van der Waals surface area contributed by atoms with E-state index in [0.29, 0.717) is 24.6 Å². The number of allylic oxidation sites excluding steroid dienone is 1. The normalized spacial score (nSPS) is 22.7. The van der Waals surface area contributed by atoms with Crippen LogP contribution in [0.4, 0.5) is 17.6 Å². The van der Waals surface area contributed by atoms with E-state index in [4.69, 9.17) is 0 Å². The zero-order valence-electron chi connectivity index (χ0n) is 20.5. The van der Waals surface area contributed by atoms with Gasteiger partial charge in [-0.15, -0.1) is 0 Å². The zero-order chi connectivity index (χ0) is 24.1. The Morgan fingerprint density at radius 2 is 1.81 bits per heavy atom. The second-order valence-corrected chi connectivity index (χ2v) is 9.09. The lowest BCUT2D eigenvalue weighted by Crippen LogP contribution is -2.52. The van der Waals surface area contributed by atoms with Crippen molar-refractivity contribution in [3.8, 4) is 0 Å². The van der Waals surface area contributed by atoms with Gasteiger partial charge in [-0.3, -0.25) is 4.90 Å². The lowest BCUT2D eigenvalue weighted by atomic mass is 9.83. The van der Waals surface area contributed by atoms with Gasteiger partial charge in [-0.25, -0.2) is 4.39 Å². The Kier molecular flexibility index (Phi) is 9.62. The van der Waals surface area contributed by atoms with Gasteiger partial charge in [0.25, 0.3) is 0 Å². The minimum atomic E-state index is -4.37. The molecule has 3 rings (SSSR count). The minimum absolute atomic E-state index is 0.0104. The van der Waals surface area contributed by atoms with Crippen LogP contribution in [0.2, 0.25) is 0 Å². The van der Waals surface area contributed by atoms with E-state index in [1.54, 1.807) is 6.07 Å². The lowest BCUT2D eigenvalue weighted by Gasteiger charge is -2.39. The highest BCUT2D eigenvalue weighted by Gasteiger charge is 2.34. The van der Waals surface area contributed by atoms with Gasteiger partial charge in [0, 0.05) is 30.4 Å². The largest absolute Gasteiger partial charge is 0.416 e. The standard InChI is InChI=1S/C24H34F4N2.C2H6/c1-5-16(4)20-13-18(24(26,27)28)9-10-19(20)23(17-7-6-8-17)29-22-11-12-30(15(2)3)14-21(22)25;1-2/h9-10,13,15-16,21-22,29H,5-8,11-12,14H2,1-4H3;1-2H3. The SMILES string of the molecule is CC.CCC(C)c1cc(C(F)(F)F)ccc1C(NC1CCN(C(C)C)CC1F)=C1CCC1. The maximum Gasteiger partial charge on any atom is 0.416 e. The molecule has 1 aromatic carbocycles. The molecule has 0 aromatic heterocycles. The number of piperidine rings is 1. The first kappa shape index (κ1) is 26.7. The van der Waals surface area contributed by atoms with E-state index < -0.39 is 17.9 Å². The van der Waals surface area contributed by atoms with Gasteiger partial charge in [0.05, 0.1) is 11.6 Å². The summed E-state index contributed by atoms with van der Waals surface area (Å²) in [6, 6.07) is 4.04. The van der Waals surface area contributed by atoms with E-state index in [1.807, 2.05) is 27.7 Å². The average molecular weight is 457 g/mol. The fraction of sp³-hybridized carbons (Fsp3) is 0.692. The van der Waals surface area contributed by atoms with Crippen molar-refractivity contribution in [1.82, 2.24) is 10.2 Å². The highest BCUT2D eigenvalue weighted by molar-refractivity contribution is 5.72. The number of benzene rings is 1. The molecule has 182 valence electrons. The predicted octanol–water partition coefficient (Wildman–Crippen LogP) is 7.55. The van der Waals surface area contributed by atoms with Gasteiger partial charge >= 0.3 is 6.18 Å². The summed E-state index contributed by atoms with van der Waals surface area (Å²) >= 11 is 0. The monoisotopic (exact) mass is 456 g/mol. The Bertz CT molecular complexity index is 764. The maximum atomic E-state index is 15.0. The summed E-state index contributed by atoms with van der Waals surface area (Å²) in [6.07, 6.45) is -1.02. The molecule has 1 aliphatic carbocycles. The van der Waals surface area contributed by atoms with Crippen LogP contribution in [0, 0.1) is 0 Å². The molecule has 0 amide bonds. The number of nitrogens with zero attached hydrogens (tertiary/aromatic N) is 1. The molecule has 1 N–H and O–H groups in total. The fourth-order valence-electron chi connectivity index (χ4n) is 4.31. The van der Waals surface area contributed by atoms with Crippen molar-refractivity contribution in [2.45, 2.75) is 104 Å². The minimum Gasteiger partial charge on any atom is -0.379 e. The molecule has 6 heteroatoms. The second kappa shape index (κ2) is 11.5. The molecule has 2 aliphatic rings. The van der Waals surface area contributed by atoms with Gasteiger partial charge in [0.2, 0.25) is 0 Å². The molecule has 0 radical (unpaired) electrons. The van der Waals surface area contributed by atoms with Gasteiger partial charge in [-0.2, -0.15) is 13.2 Å². The summed E-state index contributed by atoms with van der Waals surface area (Å²) in [7, 11) is 0. The summed E-state index contributed by atoms with van der Waals surface area (Å²) in [4.78, 5) is 2.14. The number of hydrogen-bond acceptors (Lipinski definition) is 2. The van der Waals surface area contributed by atoms with Crippen LogP contribution in [0.15, 0.2) is 23.8 Å². The number of nitrogens with one attached hydrogen (secondary N) is 1. The maximum absolute atomic E-state index is 15.0. The van der Waals surface area contributed by atoms with Gasteiger partial charge in [-0.1, -0.05) is 33.8 Å². The molecule has 1 aromatic rings. The average Bonchev–Trinajstić information content (AvgIpc) is 2.72. The predicted molar refractivity (Wildman–Crippen MR) is 125 cm³/mol. The third-order valence-electron chi connectivity index (χ3n) is 6.74. The van der Waals surface area contributed by atoms with E-state index in [1.165, 1.54) is 11.6 Å². The third-order valence-corrected chi connectivity index (χ3v) is 6.74. The topological polar surface area (TPSA) is 15.3 Å². The molecule has 0 bridgehead atoms. The van der Waals surface area contributed by atoms with Crippen molar-refractivity contribution < 1.29 is 17.6 Å². The molecular formula is C26H40F4N2. The molecule has 0 spiro atoms. The zero-order valence-corrected chi connectivity index (χ0v) is 20.5. The van der Waals surface area contributed by atoms with Crippen LogP contribution in [0.25, 0.3) is 5.70 Å². The molecule has 2 fully saturated rings. The van der Waals surface area contributed by atoms with Crippen molar-refractivity contribution in [2.75, 3.05) is 13.1 Å². The summed E-state index contributed by atoms with van der Waals surface area (Å²) in [6.45, 7) is 13.3. The molecule has 1 saturated carbocycles. The molecule has 3 atom stereocenters. The van der Waals surface area contributed by atoms with Crippen LogP contribution in [-0.4, -0.2) is 36.2 Å². The Morgan fingerprint density at radius 1 is 1.16 bits per heavy atom. The Labute approximate surface area is 191 Å². The van der Waals surface area contributed by atoms with Gasteiger partial charge in [0.15, 0.2) is 0 Å². The lowest BCUT2D eigenvalue weighted by molar-refractivity contribution is -0.137. The molecule has 2 nitrogen and oxygen atoms in total. The van der Waals surface area contributed by atoms with Crippen molar-refractivity contribution in [3.05, 3.63) is 40.5 Å². The summed E-state index contributed by atoms with van der Waals surface area (Å²) < 4.78 is 55.0. The van der Waals surface area contributed by atoms with Crippen molar-refractivity contribution >= 4 is 5.70 Å². The second-order valence-electron chi connectivity index (χ2n) is 9.09. The van der Waals surface area contributed by atoms with E-state index in [-0.39, 0.29) is 12.0 Å². The molecular weight excluding hydrogens is 416 g/mol. The number of alkyl halides is 4. The van der Waals surface area contributed by atoms with Crippen LogP contribution < -0.4 is 5.32 Å². The highest BCUT2D eigenvalue weighted by atomic mass is 19.4. The van der Waals surface area contributed by atoms with E-state index in [9.17, 15) is 17.6 Å². The van der Waals surface area contributed by atoms with E-state index >= 15 is 0 Å². The Hall–Kier alpha value is -1.56. The summed E-state index contributed by atoms with van der Waals surface area (Å²) in [5.74, 6) is -0.0104. The van der Waals surface area contributed by atoms with Crippen molar-refractivity contribution in [3.63, 3.8) is 0 Å². The van der Waals surface area contributed by atoms with E-state index in [2.05, 4.69) is 24.1 Å². The molecule has 1 aliphatic heterocycles. The first-order valence-electron chi connectivity index (χ1n) is 12.2. The Morgan fingerprint density at radius 3 is 2.28 bits per heavy atom. The van der Waals surface area contributed by atoms with Crippen molar-refractivity contribution in [1.29, 1.82) is 0 Å². The summed E-state index contributed by atoms with van der Waals surface area (Å²) in [5.41, 5.74) is 2.97. The molecule has 1 heterocycles. The summed E-state index contributed by atoms with van der Waals surface area (Å²) in [5, 5.41) is 3.46. The third kappa shape index (κ3) is 6.27. The first-order chi connectivity index (χ1) is 15.1. The van der Waals surface area contributed by atoms with Crippen molar-refractivity contribution in [2.24, 2.45) is 0 Å². The number of likely N-dealkylation sites (tertiary alicyclic amines) is 1. The fourth-order valence-corrected chi connectivity index (χ4v) is 4.31. The van der Waals surface area contributed by atoms with Crippen LogP contribution in [0.1, 0.15) is 96.3 Å². The van der Waals surface area contributed by atoms with Crippen LogP contribution in [-0.2, 0) is 6.18 Å². The number of rotatable bonds is 6. The molecule has 32 heavy (non-hydrogen) atoms. The highest BCUT2D eigenvalue weighted by Crippen LogP contribution is 2.39. The van der Waals surface area contributed by atoms with Gasteiger partial charge in [0.1, 0.15) is 6.17 Å². The smallest absolute Gasteiger partial charge is 0.379 e. The van der Waals surface area contributed by atoms with Crippen LogP contribution >= 0.6 is 0 Å². The number of hydrogen-bond donors (Lipinski definition) is 1. The van der Waals surface area contributed by atoms with Gasteiger partial charge in [-0.05, 0) is 75.1 Å². The Balaban J connectivity index is 0.00000176. The van der Waals surface area contributed by atoms with Crippen LogP contribution in [0.5, 0.6) is 0 Å². The molecule has 3 unspecified atom stereocenters. The van der Waals surface area contributed by atoms with E-state index in [0.717, 1.165) is 49.6 Å². The van der Waals surface area contributed by atoms with Crippen LogP contribution in [0.3, 0.4) is 0 Å². The molecule has 1 saturated heterocycles. The van der Waals surface area contributed by atoms with Gasteiger partial charge < -0.3 is 5.32 Å².